The molecule has 7 heteroatoms. The van der Waals surface area contributed by atoms with Gasteiger partial charge < -0.3 is 9.57 Å². The van der Waals surface area contributed by atoms with Crippen LogP contribution in [0.2, 0.25) is 0 Å². The summed E-state index contributed by atoms with van der Waals surface area (Å²) in [4.78, 5) is 5.09. The van der Waals surface area contributed by atoms with Gasteiger partial charge in [-0.05, 0) is 35.4 Å². The molecule has 0 aromatic heterocycles. The highest BCUT2D eigenvalue weighted by molar-refractivity contribution is 9.10. The number of hydrogen-bond donors (Lipinski definition) is 0. The molecule has 0 amide bonds. The first-order chi connectivity index (χ1) is 10.4. The number of benzene rings is 2. The SMILES string of the molecule is FC(F)(F)Oc1ccc(CON=Cc2ccc(Br)cc2)cc1. The fourth-order valence-electron chi connectivity index (χ4n) is 1.55. The predicted molar refractivity (Wildman–Crippen MR) is 79.7 cm³/mol. The molecule has 22 heavy (non-hydrogen) atoms. The van der Waals surface area contributed by atoms with Crippen LogP contribution in [0.1, 0.15) is 11.1 Å². The van der Waals surface area contributed by atoms with E-state index in [1.165, 1.54) is 24.3 Å². The van der Waals surface area contributed by atoms with Crippen LogP contribution < -0.4 is 4.74 Å². The summed E-state index contributed by atoms with van der Waals surface area (Å²) in [6.45, 7) is 0.152. The number of ether oxygens (including phenoxy) is 1. The fraction of sp³-hybridized carbons (Fsp3) is 0.133. The van der Waals surface area contributed by atoms with Crippen LogP contribution in [-0.2, 0) is 11.4 Å². The second-order valence-corrected chi connectivity index (χ2v) is 5.17. The van der Waals surface area contributed by atoms with Gasteiger partial charge in [0.1, 0.15) is 12.4 Å². The van der Waals surface area contributed by atoms with E-state index < -0.39 is 6.36 Å². The normalized spacial score (nSPS) is 11.6. The minimum Gasteiger partial charge on any atom is -0.406 e. The van der Waals surface area contributed by atoms with Crippen LogP contribution >= 0.6 is 15.9 Å². The van der Waals surface area contributed by atoms with Crippen molar-refractivity contribution in [1.29, 1.82) is 0 Å². The number of hydrogen-bond acceptors (Lipinski definition) is 3. The van der Waals surface area contributed by atoms with E-state index in [-0.39, 0.29) is 12.4 Å². The molecule has 0 aliphatic carbocycles. The van der Waals surface area contributed by atoms with E-state index in [4.69, 9.17) is 4.84 Å². The van der Waals surface area contributed by atoms with Crippen LogP contribution in [-0.4, -0.2) is 12.6 Å². The van der Waals surface area contributed by atoms with Gasteiger partial charge in [0, 0.05) is 4.47 Å². The zero-order chi connectivity index (χ0) is 16.0. The van der Waals surface area contributed by atoms with Gasteiger partial charge in [-0.3, -0.25) is 0 Å². The van der Waals surface area contributed by atoms with Gasteiger partial charge >= 0.3 is 6.36 Å². The average Bonchev–Trinajstić information content (AvgIpc) is 2.45. The topological polar surface area (TPSA) is 30.8 Å². The second-order valence-electron chi connectivity index (χ2n) is 4.25. The molecule has 0 radical (unpaired) electrons. The lowest BCUT2D eigenvalue weighted by Crippen LogP contribution is -2.17. The Morgan fingerprint density at radius 1 is 1.00 bits per heavy atom. The number of rotatable bonds is 5. The highest BCUT2D eigenvalue weighted by atomic mass is 79.9. The van der Waals surface area contributed by atoms with E-state index in [0.29, 0.717) is 5.56 Å². The Morgan fingerprint density at radius 3 is 2.23 bits per heavy atom. The average molecular weight is 374 g/mol. The van der Waals surface area contributed by atoms with Crippen LogP contribution in [0.3, 0.4) is 0 Å². The highest BCUT2D eigenvalue weighted by Gasteiger charge is 2.30. The molecule has 0 spiro atoms. The fourth-order valence-corrected chi connectivity index (χ4v) is 1.81. The number of alkyl halides is 3. The highest BCUT2D eigenvalue weighted by Crippen LogP contribution is 2.22. The smallest absolute Gasteiger partial charge is 0.406 e. The maximum atomic E-state index is 12.0. The van der Waals surface area contributed by atoms with Crippen LogP contribution in [0.25, 0.3) is 0 Å². The van der Waals surface area contributed by atoms with E-state index in [1.54, 1.807) is 6.21 Å². The molecule has 0 unspecified atom stereocenters. The molecule has 116 valence electrons. The van der Waals surface area contributed by atoms with Crippen LogP contribution in [0.4, 0.5) is 13.2 Å². The minimum absolute atomic E-state index is 0.152. The van der Waals surface area contributed by atoms with Gasteiger partial charge in [-0.1, -0.05) is 45.4 Å². The maximum absolute atomic E-state index is 12.0. The molecule has 2 rings (SSSR count). The number of oxime groups is 1. The molecule has 0 fully saturated rings. The maximum Gasteiger partial charge on any atom is 0.573 e. The summed E-state index contributed by atoms with van der Waals surface area (Å²) in [6, 6.07) is 12.9. The molecule has 0 saturated heterocycles. The Morgan fingerprint density at radius 2 is 1.64 bits per heavy atom. The molecule has 2 aromatic carbocycles. The lowest BCUT2D eigenvalue weighted by molar-refractivity contribution is -0.274. The molecule has 0 atom stereocenters. The minimum atomic E-state index is -4.69. The third-order valence-electron chi connectivity index (χ3n) is 2.53. The predicted octanol–water partition coefficient (Wildman–Crippen LogP) is 4.90. The van der Waals surface area contributed by atoms with E-state index in [9.17, 15) is 13.2 Å². The van der Waals surface area contributed by atoms with Gasteiger partial charge in [-0.15, -0.1) is 13.2 Å². The standard InChI is InChI=1S/C15H11BrF3NO2/c16-13-5-1-11(2-6-13)9-20-21-10-12-3-7-14(8-4-12)22-15(17,18)19/h1-9H,10H2. The first kappa shape index (κ1) is 16.4. The van der Waals surface area contributed by atoms with Crippen molar-refractivity contribution in [3.8, 4) is 5.75 Å². The van der Waals surface area contributed by atoms with E-state index in [0.717, 1.165) is 10.0 Å². The van der Waals surface area contributed by atoms with Gasteiger partial charge in [-0.2, -0.15) is 0 Å². The first-order valence-corrected chi connectivity index (χ1v) is 6.97. The van der Waals surface area contributed by atoms with Gasteiger partial charge in [0.15, 0.2) is 0 Å². The number of nitrogens with zero attached hydrogens (tertiary/aromatic N) is 1. The summed E-state index contributed by atoms with van der Waals surface area (Å²) < 4.78 is 40.8. The third-order valence-corrected chi connectivity index (χ3v) is 3.06. The third kappa shape index (κ3) is 5.77. The summed E-state index contributed by atoms with van der Waals surface area (Å²) >= 11 is 3.33. The van der Waals surface area contributed by atoms with Crippen molar-refractivity contribution in [3.05, 3.63) is 64.1 Å². The van der Waals surface area contributed by atoms with Gasteiger partial charge in [-0.25, -0.2) is 0 Å². The molecule has 0 bridgehead atoms. The van der Waals surface area contributed by atoms with E-state index in [2.05, 4.69) is 25.8 Å². The Hall–Kier alpha value is -2.02. The summed E-state index contributed by atoms with van der Waals surface area (Å²) in [6.07, 6.45) is -3.14. The monoisotopic (exact) mass is 373 g/mol. The Bertz CT molecular complexity index is 625. The first-order valence-electron chi connectivity index (χ1n) is 6.18. The quantitative estimate of drug-likeness (QED) is 0.551. The van der Waals surface area contributed by atoms with Crippen LogP contribution in [0, 0.1) is 0 Å². The van der Waals surface area contributed by atoms with E-state index >= 15 is 0 Å². The lowest BCUT2D eigenvalue weighted by atomic mass is 10.2. The molecule has 0 N–H and O–H groups in total. The summed E-state index contributed by atoms with van der Waals surface area (Å²) in [5.41, 5.74) is 1.56. The van der Waals surface area contributed by atoms with Crippen molar-refractivity contribution < 1.29 is 22.7 Å². The van der Waals surface area contributed by atoms with Crippen LogP contribution in [0.5, 0.6) is 5.75 Å². The van der Waals surface area contributed by atoms with Gasteiger partial charge in [0.05, 0.1) is 6.21 Å². The van der Waals surface area contributed by atoms with Gasteiger partial charge in [0.2, 0.25) is 0 Å². The lowest BCUT2D eigenvalue weighted by Gasteiger charge is -2.08. The Labute approximate surface area is 133 Å². The Kier molecular flexibility index (Phi) is 5.43. The molecule has 0 aliphatic rings. The summed E-state index contributed by atoms with van der Waals surface area (Å²) in [7, 11) is 0. The number of halogens is 4. The Balaban J connectivity index is 1.83. The molecule has 0 saturated carbocycles. The second kappa shape index (κ2) is 7.31. The van der Waals surface area contributed by atoms with E-state index in [1.807, 2.05) is 24.3 Å². The van der Waals surface area contributed by atoms with Crippen molar-refractivity contribution in [2.24, 2.45) is 5.16 Å². The van der Waals surface area contributed by atoms with Crippen molar-refractivity contribution in [2.75, 3.05) is 0 Å². The molecule has 3 nitrogen and oxygen atoms in total. The zero-order valence-corrected chi connectivity index (χ0v) is 12.8. The molecular formula is C15H11BrF3NO2. The van der Waals surface area contributed by atoms with Crippen molar-refractivity contribution in [1.82, 2.24) is 0 Å². The molecular weight excluding hydrogens is 363 g/mol. The van der Waals surface area contributed by atoms with Gasteiger partial charge in [0.25, 0.3) is 0 Å². The summed E-state index contributed by atoms with van der Waals surface area (Å²) in [5, 5.41) is 3.80. The summed E-state index contributed by atoms with van der Waals surface area (Å²) in [5.74, 6) is -0.269. The molecule has 2 aromatic rings. The van der Waals surface area contributed by atoms with Crippen LogP contribution in [0.15, 0.2) is 58.2 Å². The van der Waals surface area contributed by atoms with Crippen molar-refractivity contribution >= 4 is 22.1 Å². The van der Waals surface area contributed by atoms with Crippen molar-refractivity contribution in [3.63, 3.8) is 0 Å². The zero-order valence-electron chi connectivity index (χ0n) is 11.2. The molecule has 0 aliphatic heterocycles. The van der Waals surface area contributed by atoms with Crippen molar-refractivity contribution in [2.45, 2.75) is 13.0 Å². The molecule has 0 heterocycles. The largest absolute Gasteiger partial charge is 0.573 e.